The second-order valence-corrected chi connectivity index (χ2v) is 6.36. The smallest absolute Gasteiger partial charge is 0.215 e. The maximum absolute atomic E-state index is 12.0. The number of sulfonamides is 1. The van der Waals surface area contributed by atoms with Gasteiger partial charge in [-0.15, -0.1) is 0 Å². The summed E-state index contributed by atoms with van der Waals surface area (Å²) in [5.41, 5.74) is 2.94. The second kappa shape index (κ2) is 6.04. The van der Waals surface area contributed by atoms with Crippen LogP contribution in [0.4, 0.5) is 0 Å². The van der Waals surface area contributed by atoms with E-state index in [4.69, 9.17) is 0 Å². The van der Waals surface area contributed by atoms with E-state index in [0.29, 0.717) is 13.0 Å². The maximum Gasteiger partial charge on any atom is 0.215 e. The minimum Gasteiger partial charge on any atom is -0.367 e. The summed E-state index contributed by atoms with van der Waals surface area (Å²) in [6.45, 7) is 2.34. The van der Waals surface area contributed by atoms with E-state index in [0.717, 1.165) is 16.7 Å². The summed E-state index contributed by atoms with van der Waals surface area (Å²) in [4.78, 5) is 2.95. The average molecular weight is 278 g/mol. The summed E-state index contributed by atoms with van der Waals surface area (Å²) >= 11 is 0. The highest BCUT2D eigenvalue weighted by molar-refractivity contribution is 7.88. The fourth-order valence-electron chi connectivity index (χ4n) is 1.89. The molecule has 0 aliphatic rings. The van der Waals surface area contributed by atoms with Gasteiger partial charge >= 0.3 is 0 Å². The van der Waals surface area contributed by atoms with Crippen LogP contribution in [0.15, 0.2) is 42.7 Å². The summed E-state index contributed by atoms with van der Waals surface area (Å²) in [7, 11) is -3.27. The number of benzene rings is 1. The first-order valence-corrected chi connectivity index (χ1v) is 7.85. The quantitative estimate of drug-likeness (QED) is 0.849. The molecule has 1 aromatic carbocycles. The Bertz CT molecular complexity index is 619. The van der Waals surface area contributed by atoms with Gasteiger partial charge in [0.1, 0.15) is 0 Å². The molecule has 2 N–H and O–H groups in total. The van der Waals surface area contributed by atoms with Crippen molar-refractivity contribution in [3.05, 3.63) is 59.4 Å². The summed E-state index contributed by atoms with van der Waals surface area (Å²) in [6, 6.07) is 9.48. The van der Waals surface area contributed by atoms with Crippen LogP contribution in [-0.4, -0.2) is 19.9 Å². The van der Waals surface area contributed by atoms with E-state index < -0.39 is 10.0 Å². The van der Waals surface area contributed by atoms with E-state index in [9.17, 15) is 8.42 Å². The molecule has 4 nitrogen and oxygen atoms in total. The molecule has 0 unspecified atom stereocenters. The molecule has 1 heterocycles. The minimum atomic E-state index is -3.27. The molecule has 0 radical (unpaired) electrons. The highest BCUT2D eigenvalue weighted by Gasteiger charge is 2.12. The Balaban J connectivity index is 1.90. The van der Waals surface area contributed by atoms with E-state index in [1.807, 2.05) is 49.6 Å². The Kier molecular flexibility index (Phi) is 4.39. The fraction of sp³-hybridized carbons (Fsp3) is 0.286. The van der Waals surface area contributed by atoms with E-state index >= 15 is 0 Å². The highest BCUT2D eigenvalue weighted by Crippen LogP contribution is 2.10. The Hall–Kier alpha value is -1.59. The number of rotatable bonds is 6. The SMILES string of the molecule is Cc1ccccc1CS(=O)(=O)NCCc1cc[nH]c1. The third kappa shape index (κ3) is 4.22. The van der Waals surface area contributed by atoms with Crippen molar-refractivity contribution in [3.8, 4) is 0 Å². The molecule has 0 aliphatic heterocycles. The Morgan fingerprint density at radius 3 is 2.68 bits per heavy atom. The van der Waals surface area contributed by atoms with Gasteiger partial charge in [-0.1, -0.05) is 24.3 Å². The summed E-state index contributed by atoms with van der Waals surface area (Å²) < 4.78 is 26.6. The molecule has 0 aliphatic carbocycles. The number of aromatic amines is 1. The Labute approximate surface area is 113 Å². The van der Waals surface area contributed by atoms with Gasteiger partial charge in [0.15, 0.2) is 0 Å². The van der Waals surface area contributed by atoms with Gasteiger partial charge in [-0.25, -0.2) is 13.1 Å². The molecule has 0 saturated carbocycles. The molecule has 2 aromatic rings. The van der Waals surface area contributed by atoms with Gasteiger partial charge in [0.25, 0.3) is 0 Å². The fourth-order valence-corrected chi connectivity index (χ4v) is 3.14. The third-order valence-corrected chi connectivity index (χ3v) is 4.34. The molecule has 0 spiro atoms. The molecule has 2 rings (SSSR count). The molecule has 0 atom stereocenters. The lowest BCUT2D eigenvalue weighted by Gasteiger charge is -2.08. The lowest BCUT2D eigenvalue weighted by Crippen LogP contribution is -2.27. The third-order valence-electron chi connectivity index (χ3n) is 3.00. The number of hydrogen-bond acceptors (Lipinski definition) is 2. The second-order valence-electron chi connectivity index (χ2n) is 4.55. The van der Waals surface area contributed by atoms with Crippen LogP contribution in [-0.2, 0) is 22.2 Å². The minimum absolute atomic E-state index is 0.0345. The van der Waals surface area contributed by atoms with Crippen LogP contribution in [0, 0.1) is 6.92 Å². The predicted octanol–water partition coefficient (Wildman–Crippen LogP) is 1.99. The lowest BCUT2D eigenvalue weighted by molar-refractivity contribution is 0.580. The van der Waals surface area contributed by atoms with Crippen LogP contribution in [0.25, 0.3) is 0 Å². The first-order valence-electron chi connectivity index (χ1n) is 6.20. The van der Waals surface area contributed by atoms with Crippen LogP contribution in [0.2, 0.25) is 0 Å². The molecule has 0 bridgehead atoms. The van der Waals surface area contributed by atoms with Crippen molar-refractivity contribution >= 4 is 10.0 Å². The van der Waals surface area contributed by atoms with Crippen LogP contribution in [0.5, 0.6) is 0 Å². The summed E-state index contributed by atoms with van der Waals surface area (Å²) in [6.07, 6.45) is 4.39. The molecule has 0 amide bonds. The Morgan fingerprint density at radius 1 is 1.21 bits per heavy atom. The van der Waals surface area contributed by atoms with Crippen LogP contribution < -0.4 is 4.72 Å². The zero-order valence-electron chi connectivity index (χ0n) is 10.9. The molecule has 5 heteroatoms. The summed E-state index contributed by atoms with van der Waals surface area (Å²) in [5.74, 6) is 0.0345. The molecular formula is C14H18N2O2S. The van der Waals surface area contributed by atoms with Gasteiger partial charge in [0.2, 0.25) is 10.0 Å². The zero-order valence-corrected chi connectivity index (χ0v) is 11.7. The molecule has 19 heavy (non-hydrogen) atoms. The number of aromatic nitrogens is 1. The topological polar surface area (TPSA) is 62.0 Å². The monoisotopic (exact) mass is 278 g/mol. The molecular weight excluding hydrogens is 260 g/mol. The maximum atomic E-state index is 12.0. The van der Waals surface area contributed by atoms with E-state index in [1.54, 1.807) is 0 Å². The van der Waals surface area contributed by atoms with E-state index in [2.05, 4.69) is 9.71 Å². The van der Waals surface area contributed by atoms with E-state index in [-0.39, 0.29) is 5.75 Å². The molecule has 0 saturated heterocycles. The lowest BCUT2D eigenvalue weighted by atomic mass is 10.1. The number of aryl methyl sites for hydroxylation is 1. The van der Waals surface area contributed by atoms with Gasteiger partial charge in [-0.2, -0.15) is 0 Å². The zero-order chi connectivity index (χ0) is 13.7. The largest absolute Gasteiger partial charge is 0.367 e. The van der Waals surface area contributed by atoms with Crippen molar-refractivity contribution in [3.63, 3.8) is 0 Å². The van der Waals surface area contributed by atoms with Crippen LogP contribution in [0.1, 0.15) is 16.7 Å². The normalized spacial score (nSPS) is 11.6. The first kappa shape index (κ1) is 13.8. The Morgan fingerprint density at radius 2 is 2.00 bits per heavy atom. The van der Waals surface area contributed by atoms with Gasteiger partial charge in [0.05, 0.1) is 5.75 Å². The van der Waals surface area contributed by atoms with Crippen molar-refractivity contribution in [1.82, 2.24) is 9.71 Å². The van der Waals surface area contributed by atoms with Gasteiger partial charge in [-0.3, -0.25) is 0 Å². The standard InChI is InChI=1S/C14H18N2O2S/c1-12-4-2-3-5-14(12)11-19(17,18)16-9-7-13-6-8-15-10-13/h2-6,8,10,15-16H,7,9,11H2,1H3. The highest BCUT2D eigenvalue weighted by atomic mass is 32.2. The molecule has 1 aromatic heterocycles. The van der Waals surface area contributed by atoms with Crippen molar-refractivity contribution in [2.75, 3.05) is 6.54 Å². The first-order chi connectivity index (χ1) is 9.07. The molecule has 0 fully saturated rings. The number of hydrogen-bond donors (Lipinski definition) is 2. The van der Waals surface area contributed by atoms with Crippen molar-refractivity contribution in [2.24, 2.45) is 0 Å². The van der Waals surface area contributed by atoms with Crippen molar-refractivity contribution in [2.45, 2.75) is 19.1 Å². The van der Waals surface area contributed by atoms with Crippen LogP contribution >= 0.6 is 0 Å². The van der Waals surface area contributed by atoms with E-state index in [1.165, 1.54) is 0 Å². The summed E-state index contributed by atoms with van der Waals surface area (Å²) in [5, 5.41) is 0. The number of nitrogens with one attached hydrogen (secondary N) is 2. The average Bonchev–Trinajstić information content (AvgIpc) is 2.85. The predicted molar refractivity (Wildman–Crippen MR) is 76.3 cm³/mol. The van der Waals surface area contributed by atoms with Crippen molar-refractivity contribution < 1.29 is 8.42 Å². The van der Waals surface area contributed by atoms with Crippen molar-refractivity contribution in [1.29, 1.82) is 0 Å². The van der Waals surface area contributed by atoms with Gasteiger partial charge < -0.3 is 4.98 Å². The molecule has 102 valence electrons. The van der Waals surface area contributed by atoms with Gasteiger partial charge in [0, 0.05) is 18.9 Å². The van der Waals surface area contributed by atoms with Gasteiger partial charge in [-0.05, 0) is 36.1 Å². The van der Waals surface area contributed by atoms with Crippen LogP contribution in [0.3, 0.4) is 0 Å². The number of H-pyrrole nitrogens is 1.